The van der Waals surface area contributed by atoms with Crippen LogP contribution < -0.4 is 0 Å². The lowest BCUT2D eigenvalue weighted by atomic mass is 10.1. The third-order valence-corrected chi connectivity index (χ3v) is 3.31. The first kappa shape index (κ1) is 15.0. The van der Waals surface area contributed by atoms with Gasteiger partial charge in [-0.05, 0) is 43.1 Å². The number of likely N-dealkylation sites (tertiary alicyclic amines) is 1. The highest BCUT2D eigenvalue weighted by atomic mass is 19.1. The average molecular weight is 277 g/mol. The van der Waals surface area contributed by atoms with Crippen molar-refractivity contribution in [3.05, 3.63) is 35.1 Å². The molecule has 0 bridgehead atoms. The van der Waals surface area contributed by atoms with E-state index in [0.29, 0.717) is 25.1 Å². The maximum Gasteiger partial charge on any atom is 0.124 e. The molecule has 108 valence electrons. The monoisotopic (exact) mass is 277 g/mol. The minimum atomic E-state index is -0.298. The fraction of sp³-hybridized carbons (Fsp3) is 0.500. The molecular weight excluding hydrogens is 257 g/mol. The van der Waals surface area contributed by atoms with E-state index < -0.39 is 0 Å². The molecule has 0 aliphatic carbocycles. The number of aliphatic hydroxyl groups excluding tert-OH is 2. The fourth-order valence-corrected chi connectivity index (χ4v) is 2.47. The van der Waals surface area contributed by atoms with Crippen LogP contribution in [0.2, 0.25) is 0 Å². The van der Waals surface area contributed by atoms with E-state index in [9.17, 15) is 9.50 Å². The molecular formula is C16H20FNO2. The molecule has 2 N–H and O–H groups in total. The Hall–Kier alpha value is -1.41. The Morgan fingerprint density at radius 2 is 2.20 bits per heavy atom. The normalized spacial score (nSPS) is 19.4. The summed E-state index contributed by atoms with van der Waals surface area (Å²) in [6.45, 7) is 2.21. The Kier molecular flexibility index (Phi) is 5.54. The number of β-amino-alcohol motifs (C(OH)–C–C–N with tert-alkyl or cyclic N) is 1. The van der Waals surface area contributed by atoms with E-state index in [1.165, 1.54) is 12.1 Å². The number of benzene rings is 1. The molecule has 2 rings (SSSR count). The van der Waals surface area contributed by atoms with Crippen LogP contribution in [0.15, 0.2) is 18.2 Å². The van der Waals surface area contributed by atoms with Gasteiger partial charge in [-0.2, -0.15) is 0 Å². The Morgan fingerprint density at radius 1 is 1.35 bits per heavy atom. The van der Waals surface area contributed by atoms with Crippen molar-refractivity contribution in [1.82, 2.24) is 4.90 Å². The number of halogens is 1. The minimum absolute atomic E-state index is 0.0147. The lowest BCUT2D eigenvalue weighted by molar-refractivity contribution is 0.0668. The Morgan fingerprint density at radius 3 is 2.95 bits per heavy atom. The Bertz CT molecular complexity index is 507. The predicted molar refractivity (Wildman–Crippen MR) is 75.5 cm³/mol. The number of piperidine rings is 1. The zero-order chi connectivity index (χ0) is 14.4. The van der Waals surface area contributed by atoms with E-state index in [1.807, 2.05) is 6.07 Å². The standard InChI is InChI=1S/C16H20FNO2/c17-15-9-13(4-1-2-7-19)8-14(10-15)11-18-6-3-5-16(20)12-18/h8-10,16,19-20H,2-3,5-7,11-12H2. The van der Waals surface area contributed by atoms with Gasteiger partial charge in [-0.25, -0.2) is 4.39 Å². The summed E-state index contributed by atoms with van der Waals surface area (Å²) in [5, 5.41) is 18.3. The summed E-state index contributed by atoms with van der Waals surface area (Å²) in [5.41, 5.74) is 1.50. The molecule has 1 unspecified atom stereocenters. The zero-order valence-electron chi connectivity index (χ0n) is 11.5. The molecule has 3 nitrogen and oxygen atoms in total. The van der Waals surface area contributed by atoms with E-state index in [-0.39, 0.29) is 18.5 Å². The summed E-state index contributed by atoms with van der Waals surface area (Å²) in [7, 11) is 0. The van der Waals surface area contributed by atoms with Crippen molar-refractivity contribution in [2.75, 3.05) is 19.7 Å². The second-order valence-electron chi connectivity index (χ2n) is 5.15. The Balaban J connectivity index is 2.06. The second kappa shape index (κ2) is 7.39. The third kappa shape index (κ3) is 4.61. The van der Waals surface area contributed by atoms with Crippen LogP contribution in [-0.4, -0.2) is 40.9 Å². The first-order valence-corrected chi connectivity index (χ1v) is 6.97. The van der Waals surface area contributed by atoms with Crippen molar-refractivity contribution in [1.29, 1.82) is 0 Å². The number of hydrogen-bond acceptors (Lipinski definition) is 3. The lowest BCUT2D eigenvalue weighted by Crippen LogP contribution is -2.37. The predicted octanol–water partition coefficient (Wildman–Crippen LogP) is 1.52. The maximum atomic E-state index is 13.6. The van der Waals surface area contributed by atoms with Crippen LogP contribution in [0.1, 0.15) is 30.4 Å². The van der Waals surface area contributed by atoms with Gasteiger partial charge in [0.1, 0.15) is 5.82 Å². The van der Waals surface area contributed by atoms with E-state index in [4.69, 9.17) is 5.11 Å². The smallest absolute Gasteiger partial charge is 0.124 e. The fourth-order valence-electron chi connectivity index (χ4n) is 2.47. The van der Waals surface area contributed by atoms with Crippen LogP contribution in [0.25, 0.3) is 0 Å². The molecule has 1 aliphatic rings. The molecule has 0 radical (unpaired) electrons. The van der Waals surface area contributed by atoms with Gasteiger partial charge in [0, 0.05) is 25.1 Å². The molecule has 1 aromatic rings. The van der Waals surface area contributed by atoms with Gasteiger partial charge in [0.25, 0.3) is 0 Å². The highest BCUT2D eigenvalue weighted by Crippen LogP contribution is 2.15. The first-order chi connectivity index (χ1) is 9.67. The van der Waals surface area contributed by atoms with Gasteiger partial charge >= 0.3 is 0 Å². The van der Waals surface area contributed by atoms with Crippen molar-refractivity contribution >= 4 is 0 Å². The van der Waals surface area contributed by atoms with Crippen molar-refractivity contribution in [2.45, 2.75) is 31.9 Å². The highest BCUT2D eigenvalue weighted by molar-refractivity contribution is 5.37. The van der Waals surface area contributed by atoms with Crippen molar-refractivity contribution < 1.29 is 14.6 Å². The second-order valence-corrected chi connectivity index (χ2v) is 5.15. The number of hydrogen-bond donors (Lipinski definition) is 2. The average Bonchev–Trinajstić information content (AvgIpc) is 2.38. The summed E-state index contributed by atoms with van der Waals surface area (Å²) in [6.07, 6.45) is 1.93. The summed E-state index contributed by atoms with van der Waals surface area (Å²) in [5.74, 6) is 5.35. The largest absolute Gasteiger partial charge is 0.395 e. The van der Waals surface area contributed by atoms with Gasteiger partial charge in [0.2, 0.25) is 0 Å². The maximum absolute atomic E-state index is 13.6. The number of rotatable bonds is 3. The summed E-state index contributed by atoms with van der Waals surface area (Å²) >= 11 is 0. The molecule has 1 atom stereocenters. The van der Waals surface area contributed by atoms with Crippen LogP contribution in [-0.2, 0) is 6.54 Å². The Labute approximate surface area is 119 Å². The molecule has 1 saturated heterocycles. The number of nitrogens with zero attached hydrogens (tertiary/aromatic N) is 1. The van der Waals surface area contributed by atoms with E-state index >= 15 is 0 Å². The van der Waals surface area contributed by atoms with Crippen molar-refractivity contribution in [3.8, 4) is 11.8 Å². The van der Waals surface area contributed by atoms with E-state index in [1.54, 1.807) is 0 Å². The molecule has 0 saturated carbocycles. The topological polar surface area (TPSA) is 43.7 Å². The van der Waals surface area contributed by atoms with Gasteiger partial charge in [-0.15, -0.1) is 0 Å². The van der Waals surface area contributed by atoms with Crippen LogP contribution in [0.4, 0.5) is 4.39 Å². The van der Waals surface area contributed by atoms with Gasteiger partial charge < -0.3 is 10.2 Å². The van der Waals surface area contributed by atoms with Crippen LogP contribution in [0.3, 0.4) is 0 Å². The molecule has 1 aromatic carbocycles. The molecule has 1 fully saturated rings. The van der Waals surface area contributed by atoms with Crippen molar-refractivity contribution in [2.24, 2.45) is 0 Å². The molecule has 1 aliphatic heterocycles. The van der Waals surface area contributed by atoms with Crippen LogP contribution in [0.5, 0.6) is 0 Å². The lowest BCUT2D eigenvalue weighted by Gasteiger charge is -2.30. The molecule has 1 heterocycles. The van der Waals surface area contributed by atoms with Gasteiger partial charge in [0.15, 0.2) is 0 Å². The first-order valence-electron chi connectivity index (χ1n) is 6.97. The van der Waals surface area contributed by atoms with Crippen LogP contribution >= 0.6 is 0 Å². The molecule has 20 heavy (non-hydrogen) atoms. The van der Waals surface area contributed by atoms with E-state index in [2.05, 4.69) is 16.7 Å². The summed E-state index contributed by atoms with van der Waals surface area (Å²) in [4.78, 5) is 2.13. The van der Waals surface area contributed by atoms with E-state index in [0.717, 1.165) is 24.9 Å². The highest BCUT2D eigenvalue weighted by Gasteiger charge is 2.17. The minimum Gasteiger partial charge on any atom is -0.395 e. The quantitative estimate of drug-likeness (QED) is 0.823. The zero-order valence-corrected chi connectivity index (χ0v) is 11.5. The van der Waals surface area contributed by atoms with Crippen molar-refractivity contribution in [3.63, 3.8) is 0 Å². The van der Waals surface area contributed by atoms with Crippen LogP contribution in [0, 0.1) is 17.7 Å². The summed E-state index contributed by atoms with van der Waals surface area (Å²) in [6, 6.07) is 4.78. The SMILES string of the molecule is OCCC#Cc1cc(F)cc(CN2CCCC(O)C2)c1. The van der Waals surface area contributed by atoms with Gasteiger partial charge in [-0.3, -0.25) is 4.90 Å². The summed E-state index contributed by atoms with van der Waals surface area (Å²) < 4.78 is 13.6. The molecule has 0 spiro atoms. The third-order valence-electron chi connectivity index (χ3n) is 3.31. The van der Waals surface area contributed by atoms with Gasteiger partial charge in [0.05, 0.1) is 12.7 Å². The van der Waals surface area contributed by atoms with Gasteiger partial charge in [-0.1, -0.05) is 11.8 Å². The molecule has 4 heteroatoms. The molecule has 0 aromatic heterocycles. The number of aliphatic hydroxyl groups is 2. The molecule has 0 amide bonds.